The zero-order valence-electron chi connectivity index (χ0n) is 15.3. The summed E-state index contributed by atoms with van der Waals surface area (Å²) in [6.07, 6.45) is -0.277. The van der Waals surface area contributed by atoms with E-state index in [1.807, 2.05) is 36.4 Å². The molecule has 9 heteroatoms. The Bertz CT molecular complexity index is 1090. The third-order valence-electron chi connectivity index (χ3n) is 4.36. The van der Waals surface area contributed by atoms with Gasteiger partial charge in [0.15, 0.2) is 5.78 Å². The lowest BCUT2D eigenvalue weighted by molar-refractivity contribution is 0.0971. The third kappa shape index (κ3) is 5.71. The lowest BCUT2D eigenvalue weighted by atomic mass is 10.0. The normalized spacial score (nSPS) is 12.4. The van der Waals surface area contributed by atoms with Crippen LogP contribution in [0.4, 0.5) is 10.5 Å². The summed E-state index contributed by atoms with van der Waals surface area (Å²) >= 11 is 30.0. The first-order valence-corrected chi connectivity index (χ1v) is 10.6. The van der Waals surface area contributed by atoms with Crippen LogP contribution in [0.1, 0.15) is 16.8 Å². The van der Waals surface area contributed by atoms with Gasteiger partial charge in [-0.25, -0.2) is 4.79 Å². The molecule has 4 nitrogen and oxygen atoms in total. The average molecular weight is 505 g/mol. The topological polar surface area (TPSA) is 58.2 Å². The lowest BCUT2D eigenvalue weighted by Crippen LogP contribution is -2.46. The maximum absolute atomic E-state index is 12.7. The predicted molar refractivity (Wildman–Crippen MR) is 126 cm³/mol. The van der Waals surface area contributed by atoms with Crippen LogP contribution in [-0.2, 0) is 0 Å². The average Bonchev–Trinajstić information content (AvgIpc) is 2.67. The fraction of sp³-hybridized carbons (Fsp3) is 0.143. The van der Waals surface area contributed by atoms with E-state index in [1.54, 1.807) is 6.07 Å². The van der Waals surface area contributed by atoms with Gasteiger partial charge in [0.25, 0.3) is 0 Å². The standard InChI is InChI=1S/C21H15Cl5N2O2/c22-13-8-9-15(16(23)10-13)18(29)11-19(21(24,25)26)28-20(30)27-17-7-3-5-12-4-1-2-6-14(12)17/h1-10,19H,11H2,(H2,27,28,30). The molecular weight excluding hydrogens is 490 g/mol. The highest BCUT2D eigenvalue weighted by Crippen LogP contribution is 2.34. The molecular formula is C21H15Cl5N2O2. The van der Waals surface area contributed by atoms with E-state index in [9.17, 15) is 9.59 Å². The number of Topliss-reactive ketones (excluding diaryl/α,β-unsaturated/α-hetero) is 1. The summed E-state index contributed by atoms with van der Waals surface area (Å²) in [7, 11) is 0. The van der Waals surface area contributed by atoms with Crippen LogP contribution < -0.4 is 10.6 Å². The van der Waals surface area contributed by atoms with Crippen LogP contribution in [0.3, 0.4) is 0 Å². The largest absolute Gasteiger partial charge is 0.330 e. The molecule has 1 atom stereocenters. The Labute approximate surface area is 198 Å². The number of hydrogen-bond donors (Lipinski definition) is 2. The molecule has 0 aliphatic heterocycles. The maximum atomic E-state index is 12.7. The summed E-state index contributed by atoms with van der Waals surface area (Å²) in [5.41, 5.74) is 0.803. The van der Waals surface area contributed by atoms with Crippen LogP contribution >= 0.6 is 58.0 Å². The van der Waals surface area contributed by atoms with Crippen molar-refractivity contribution >= 4 is 86.3 Å². The highest BCUT2D eigenvalue weighted by Gasteiger charge is 2.36. The number of urea groups is 1. The Kier molecular flexibility index (Phi) is 7.38. The summed E-state index contributed by atoms with van der Waals surface area (Å²) in [6, 6.07) is 15.8. The van der Waals surface area contributed by atoms with E-state index < -0.39 is 21.6 Å². The fourth-order valence-electron chi connectivity index (χ4n) is 2.91. The predicted octanol–water partition coefficient (Wildman–Crippen LogP) is 7.28. The van der Waals surface area contributed by atoms with Gasteiger partial charge in [0.05, 0.1) is 16.8 Å². The Balaban J connectivity index is 1.76. The quantitative estimate of drug-likeness (QED) is 0.283. The Hall–Kier alpha value is -1.69. The molecule has 0 saturated heterocycles. The van der Waals surface area contributed by atoms with Crippen molar-refractivity contribution in [2.24, 2.45) is 0 Å². The summed E-state index contributed by atoms with van der Waals surface area (Å²) in [5.74, 6) is -0.404. The molecule has 3 rings (SSSR count). The van der Waals surface area contributed by atoms with E-state index in [4.69, 9.17) is 58.0 Å². The molecule has 1 unspecified atom stereocenters. The molecule has 2 amide bonds. The van der Waals surface area contributed by atoms with Crippen LogP contribution in [0.15, 0.2) is 60.7 Å². The summed E-state index contributed by atoms with van der Waals surface area (Å²) < 4.78 is -1.93. The molecule has 0 radical (unpaired) electrons. The lowest BCUT2D eigenvalue weighted by Gasteiger charge is -2.25. The molecule has 0 aromatic heterocycles. The van der Waals surface area contributed by atoms with Gasteiger partial charge in [-0.1, -0.05) is 94.4 Å². The third-order valence-corrected chi connectivity index (χ3v) is 5.70. The number of anilines is 1. The minimum atomic E-state index is -1.93. The van der Waals surface area contributed by atoms with Crippen LogP contribution in [0.25, 0.3) is 10.8 Å². The van der Waals surface area contributed by atoms with E-state index in [-0.39, 0.29) is 17.0 Å². The number of carbonyl (C=O) groups is 2. The molecule has 0 bridgehead atoms. The van der Waals surface area contributed by atoms with Crippen LogP contribution in [-0.4, -0.2) is 21.6 Å². The molecule has 3 aromatic rings. The molecule has 156 valence electrons. The molecule has 2 N–H and O–H groups in total. The van der Waals surface area contributed by atoms with Gasteiger partial charge in [0.2, 0.25) is 3.79 Å². The fourth-order valence-corrected chi connectivity index (χ4v) is 3.82. The number of ketones is 1. The van der Waals surface area contributed by atoms with E-state index >= 15 is 0 Å². The summed E-state index contributed by atoms with van der Waals surface area (Å²) in [5, 5.41) is 7.68. The molecule has 0 saturated carbocycles. The smallest absolute Gasteiger partial charge is 0.319 e. The van der Waals surface area contributed by atoms with Crippen LogP contribution in [0, 0.1) is 0 Å². The number of carbonyl (C=O) groups excluding carboxylic acids is 2. The van der Waals surface area contributed by atoms with Crippen molar-refractivity contribution in [2.75, 3.05) is 5.32 Å². The van der Waals surface area contributed by atoms with E-state index in [0.29, 0.717) is 10.7 Å². The number of halogens is 5. The molecule has 0 aliphatic rings. The second kappa shape index (κ2) is 9.63. The van der Waals surface area contributed by atoms with Crippen LogP contribution in [0.5, 0.6) is 0 Å². The van der Waals surface area contributed by atoms with E-state index in [2.05, 4.69) is 10.6 Å². The Morgan fingerprint density at radius 2 is 1.63 bits per heavy atom. The minimum absolute atomic E-state index is 0.177. The maximum Gasteiger partial charge on any atom is 0.319 e. The Morgan fingerprint density at radius 1 is 0.933 bits per heavy atom. The molecule has 0 spiro atoms. The van der Waals surface area contributed by atoms with Crippen LogP contribution in [0.2, 0.25) is 10.0 Å². The molecule has 0 fully saturated rings. The number of amides is 2. The summed E-state index contributed by atoms with van der Waals surface area (Å²) in [4.78, 5) is 25.3. The first kappa shape index (κ1) is 23.0. The van der Waals surface area contributed by atoms with Crippen molar-refractivity contribution in [3.8, 4) is 0 Å². The molecule has 30 heavy (non-hydrogen) atoms. The van der Waals surface area contributed by atoms with Gasteiger partial charge in [-0.15, -0.1) is 0 Å². The zero-order chi connectivity index (χ0) is 21.9. The van der Waals surface area contributed by atoms with Crippen molar-refractivity contribution < 1.29 is 9.59 Å². The first-order valence-electron chi connectivity index (χ1n) is 8.75. The minimum Gasteiger partial charge on any atom is -0.330 e. The van der Waals surface area contributed by atoms with Crippen molar-refractivity contribution in [1.82, 2.24) is 5.32 Å². The molecule has 0 aliphatic carbocycles. The molecule has 3 aromatic carbocycles. The number of nitrogens with one attached hydrogen (secondary N) is 2. The molecule has 0 heterocycles. The highest BCUT2D eigenvalue weighted by molar-refractivity contribution is 6.68. The number of hydrogen-bond acceptors (Lipinski definition) is 2. The van der Waals surface area contributed by atoms with Gasteiger partial charge in [-0.2, -0.15) is 0 Å². The highest BCUT2D eigenvalue weighted by atomic mass is 35.6. The second-order valence-corrected chi connectivity index (χ2v) is 9.68. The van der Waals surface area contributed by atoms with Gasteiger partial charge >= 0.3 is 6.03 Å². The van der Waals surface area contributed by atoms with Crippen molar-refractivity contribution in [3.05, 3.63) is 76.3 Å². The van der Waals surface area contributed by atoms with Gasteiger partial charge in [0.1, 0.15) is 0 Å². The Morgan fingerprint density at radius 3 is 2.33 bits per heavy atom. The van der Waals surface area contributed by atoms with Crippen molar-refractivity contribution in [2.45, 2.75) is 16.3 Å². The van der Waals surface area contributed by atoms with Gasteiger partial charge < -0.3 is 10.6 Å². The van der Waals surface area contributed by atoms with Crippen molar-refractivity contribution in [3.63, 3.8) is 0 Å². The van der Waals surface area contributed by atoms with Crippen molar-refractivity contribution in [1.29, 1.82) is 0 Å². The first-order chi connectivity index (χ1) is 14.1. The van der Waals surface area contributed by atoms with E-state index in [1.165, 1.54) is 18.2 Å². The monoisotopic (exact) mass is 502 g/mol. The van der Waals surface area contributed by atoms with Gasteiger partial charge in [-0.05, 0) is 29.7 Å². The summed E-state index contributed by atoms with van der Waals surface area (Å²) in [6.45, 7) is 0. The number of rotatable bonds is 5. The van der Waals surface area contributed by atoms with Gasteiger partial charge in [0, 0.05) is 22.4 Å². The number of fused-ring (bicyclic) bond motifs is 1. The number of alkyl halides is 3. The second-order valence-electron chi connectivity index (χ2n) is 6.47. The van der Waals surface area contributed by atoms with Gasteiger partial charge in [-0.3, -0.25) is 4.79 Å². The zero-order valence-corrected chi connectivity index (χ0v) is 19.0. The van der Waals surface area contributed by atoms with E-state index in [0.717, 1.165) is 10.8 Å². The SMILES string of the molecule is O=C(Nc1cccc2ccccc12)NC(CC(=O)c1ccc(Cl)cc1Cl)C(Cl)(Cl)Cl. The number of benzene rings is 3.